The number of carbonyl (C=O) groups excluding carboxylic acids is 2. The molecule has 142 valence electrons. The van der Waals surface area contributed by atoms with E-state index >= 15 is 0 Å². The largest absolute Gasteiger partial charge is 0.324 e. The normalized spacial score (nSPS) is 11.5. The van der Waals surface area contributed by atoms with Crippen LogP contribution in [0.4, 0.5) is 5.69 Å². The number of amides is 2. The lowest BCUT2D eigenvalue weighted by Crippen LogP contribution is -2.45. The summed E-state index contributed by atoms with van der Waals surface area (Å²) in [6.07, 6.45) is 0. The minimum absolute atomic E-state index is 0.191. The van der Waals surface area contributed by atoms with Gasteiger partial charge in [-0.25, -0.2) is 0 Å². The highest BCUT2D eigenvalue weighted by molar-refractivity contribution is 6.30. The first kappa shape index (κ1) is 19.6. The van der Waals surface area contributed by atoms with Crippen molar-refractivity contribution in [1.82, 2.24) is 4.90 Å². The maximum atomic E-state index is 13.1. The first-order valence-electron chi connectivity index (χ1n) is 9.01. The number of halogens is 1. The standard InChI is InChI=1S/C23H21ClN2O2/c1-17(22(27)25-21-14-12-20(24)13-15-21)26(16-18-8-4-2-5-9-18)23(28)19-10-6-3-7-11-19/h2-15,17H,16H2,1H3,(H,25,27)/t17-/m0/s1. The zero-order chi connectivity index (χ0) is 19.9. The molecule has 0 saturated carbocycles. The summed E-state index contributed by atoms with van der Waals surface area (Å²) in [5, 5.41) is 3.44. The summed E-state index contributed by atoms with van der Waals surface area (Å²) < 4.78 is 0. The Kier molecular flexibility index (Phi) is 6.45. The van der Waals surface area contributed by atoms with E-state index in [-0.39, 0.29) is 11.8 Å². The molecule has 0 saturated heterocycles. The van der Waals surface area contributed by atoms with Gasteiger partial charge in [0.05, 0.1) is 0 Å². The van der Waals surface area contributed by atoms with E-state index < -0.39 is 6.04 Å². The van der Waals surface area contributed by atoms with Crippen LogP contribution in [0, 0.1) is 0 Å². The lowest BCUT2D eigenvalue weighted by molar-refractivity contribution is -0.120. The van der Waals surface area contributed by atoms with Gasteiger partial charge in [-0.3, -0.25) is 9.59 Å². The van der Waals surface area contributed by atoms with E-state index in [0.717, 1.165) is 5.56 Å². The summed E-state index contributed by atoms with van der Waals surface area (Å²) >= 11 is 5.90. The Bertz CT molecular complexity index is 928. The van der Waals surface area contributed by atoms with Gasteiger partial charge in [-0.05, 0) is 48.9 Å². The van der Waals surface area contributed by atoms with Crippen molar-refractivity contribution < 1.29 is 9.59 Å². The van der Waals surface area contributed by atoms with Crippen LogP contribution >= 0.6 is 11.6 Å². The van der Waals surface area contributed by atoms with Crippen LogP contribution in [0.15, 0.2) is 84.9 Å². The fraction of sp³-hybridized carbons (Fsp3) is 0.130. The molecule has 3 aromatic carbocycles. The number of nitrogens with one attached hydrogen (secondary N) is 1. The van der Waals surface area contributed by atoms with Gasteiger partial charge < -0.3 is 10.2 Å². The highest BCUT2D eigenvalue weighted by Crippen LogP contribution is 2.17. The molecule has 2 amide bonds. The molecule has 1 N–H and O–H groups in total. The smallest absolute Gasteiger partial charge is 0.254 e. The predicted molar refractivity (Wildman–Crippen MR) is 112 cm³/mol. The molecule has 1 atom stereocenters. The van der Waals surface area contributed by atoms with Crippen LogP contribution in [0.3, 0.4) is 0 Å². The van der Waals surface area contributed by atoms with Crippen molar-refractivity contribution in [3.8, 4) is 0 Å². The maximum Gasteiger partial charge on any atom is 0.254 e. The lowest BCUT2D eigenvalue weighted by atomic mass is 10.1. The van der Waals surface area contributed by atoms with Crippen molar-refractivity contribution in [3.63, 3.8) is 0 Å². The van der Waals surface area contributed by atoms with Crippen molar-refractivity contribution in [2.75, 3.05) is 5.32 Å². The maximum absolute atomic E-state index is 13.1. The van der Waals surface area contributed by atoms with Crippen LogP contribution < -0.4 is 5.32 Å². The lowest BCUT2D eigenvalue weighted by Gasteiger charge is -2.29. The van der Waals surface area contributed by atoms with E-state index in [1.807, 2.05) is 48.5 Å². The second-order valence-electron chi connectivity index (χ2n) is 6.46. The molecule has 0 unspecified atom stereocenters. The van der Waals surface area contributed by atoms with Gasteiger partial charge in [0, 0.05) is 22.8 Å². The van der Waals surface area contributed by atoms with Crippen molar-refractivity contribution in [2.45, 2.75) is 19.5 Å². The monoisotopic (exact) mass is 392 g/mol. The third-order valence-electron chi connectivity index (χ3n) is 4.44. The quantitative estimate of drug-likeness (QED) is 0.641. The van der Waals surface area contributed by atoms with Gasteiger partial charge in [-0.2, -0.15) is 0 Å². The molecule has 28 heavy (non-hydrogen) atoms. The molecule has 0 radical (unpaired) electrons. The third-order valence-corrected chi connectivity index (χ3v) is 4.69. The average Bonchev–Trinajstić information content (AvgIpc) is 2.74. The first-order valence-corrected chi connectivity index (χ1v) is 9.39. The van der Waals surface area contributed by atoms with Crippen LogP contribution in [0.25, 0.3) is 0 Å². The van der Waals surface area contributed by atoms with Crippen molar-refractivity contribution in [3.05, 3.63) is 101 Å². The second-order valence-corrected chi connectivity index (χ2v) is 6.89. The molecular weight excluding hydrogens is 372 g/mol. The van der Waals surface area contributed by atoms with Crippen LogP contribution in [-0.2, 0) is 11.3 Å². The molecule has 0 aliphatic rings. The Labute approximate surface area is 169 Å². The number of carbonyl (C=O) groups is 2. The van der Waals surface area contributed by atoms with Gasteiger partial charge in [-0.1, -0.05) is 60.1 Å². The molecule has 0 fully saturated rings. The second kappa shape index (κ2) is 9.20. The molecule has 0 bridgehead atoms. The number of anilines is 1. The SMILES string of the molecule is C[C@@H](C(=O)Nc1ccc(Cl)cc1)N(Cc1ccccc1)C(=O)c1ccccc1. The van der Waals surface area contributed by atoms with Crippen LogP contribution in [0.5, 0.6) is 0 Å². The van der Waals surface area contributed by atoms with Gasteiger partial charge in [0.2, 0.25) is 5.91 Å². The molecule has 0 aromatic heterocycles. The van der Waals surface area contributed by atoms with Gasteiger partial charge in [0.25, 0.3) is 5.91 Å². The van der Waals surface area contributed by atoms with Crippen molar-refractivity contribution in [2.24, 2.45) is 0 Å². The highest BCUT2D eigenvalue weighted by atomic mass is 35.5. The van der Waals surface area contributed by atoms with Gasteiger partial charge in [-0.15, -0.1) is 0 Å². The first-order chi connectivity index (χ1) is 13.5. The minimum Gasteiger partial charge on any atom is -0.324 e. The summed E-state index contributed by atoms with van der Waals surface area (Å²) in [5.41, 5.74) is 2.13. The van der Waals surface area contributed by atoms with Crippen LogP contribution in [0.1, 0.15) is 22.8 Å². The van der Waals surface area contributed by atoms with E-state index in [9.17, 15) is 9.59 Å². The average molecular weight is 393 g/mol. The summed E-state index contributed by atoms with van der Waals surface area (Å²) in [5.74, 6) is -0.453. The molecule has 0 spiro atoms. The third kappa shape index (κ3) is 4.99. The number of benzene rings is 3. The molecule has 0 aliphatic carbocycles. The predicted octanol–water partition coefficient (Wildman–Crippen LogP) is 5.01. The highest BCUT2D eigenvalue weighted by Gasteiger charge is 2.27. The van der Waals surface area contributed by atoms with E-state index in [0.29, 0.717) is 22.8 Å². The Morgan fingerprint density at radius 3 is 2.07 bits per heavy atom. The molecule has 5 heteroatoms. The number of rotatable bonds is 6. The van der Waals surface area contributed by atoms with Crippen molar-refractivity contribution in [1.29, 1.82) is 0 Å². The summed E-state index contributed by atoms with van der Waals surface area (Å²) in [6.45, 7) is 2.07. The van der Waals surface area contributed by atoms with E-state index in [2.05, 4.69) is 5.32 Å². The van der Waals surface area contributed by atoms with E-state index in [1.54, 1.807) is 48.2 Å². The number of hydrogen-bond donors (Lipinski definition) is 1. The molecule has 3 rings (SSSR count). The number of nitrogens with zero attached hydrogens (tertiary/aromatic N) is 1. The summed E-state index contributed by atoms with van der Waals surface area (Å²) in [7, 11) is 0. The molecule has 0 aliphatic heterocycles. The minimum atomic E-state index is -0.663. The Morgan fingerprint density at radius 2 is 1.46 bits per heavy atom. The van der Waals surface area contributed by atoms with Gasteiger partial charge in [0.15, 0.2) is 0 Å². The van der Waals surface area contributed by atoms with Gasteiger partial charge >= 0.3 is 0 Å². The summed E-state index contributed by atoms with van der Waals surface area (Å²) in [4.78, 5) is 27.5. The summed E-state index contributed by atoms with van der Waals surface area (Å²) in [6, 6.07) is 24.8. The zero-order valence-corrected chi connectivity index (χ0v) is 16.3. The molecule has 0 heterocycles. The topological polar surface area (TPSA) is 49.4 Å². The zero-order valence-electron chi connectivity index (χ0n) is 15.5. The Morgan fingerprint density at radius 1 is 0.893 bits per heavy atom. The fourth-order valence-corrected chi connectivity index (χ4v) is 2.96. The molecule has 3 aromatic rings. The van der Waals surface area contributed by atoms with Crippen molar-refractivity contribution >= 4 is 29.1 Å². The Hall–Kier alpha value is -3.11. The van der Waals surface area contributed by atoms with E-state index in [4.69, 9.17) is 11.6 Å². The Balaban J connectivity index is 1.83. The fourth-order valence-electron chi connectivity index (χ4n) is 2.83. The van der Waals surface area contributed by atoms with Crippen LogP contribution in [-0.4, -0.2) is 22.8 Å². The number of hydrogen-bond acceptors (Lipinski definition) is 2. The molecule has 4 nitrogen and oxygen atoms in total. The van der Waals surface area contributed by atoms with Gasteiger partial charge in [0.1, 0.15) is 6.04 Å². The molecular formula is C23H21ClN2O2. The van der Waals surface area contributed by atoms with Crippen LogP contribution in [0.2, 0.25) is 5.02 Å². The van der Waals surface area contributed by atoms with E-state index in [1.165, 1.54) is 0 Å².